The van der Waals surface area contributed by atoms with E-state index in [1.165, 1.54) is 0 Å². The number of rotatable bonds is 1. The van der Waals surface area contributed by atoms with Crippen molar-refractivity contribution in [2.24, 2.45) is 0 Å². The molecule has 1 amide bonds. The molecule has 0 spiro atoms. The standard InChI is InChI=1S/C7H13NO2.C2H6/c1-3-8-4-5-10-6(2)7(8)9;1-2/h6H,3-5H2,1-2H3;1-2H3. The van der Waals surface area contributed by atoms with Crippen LogP contribution < -0.4 is 0 Å². The molecule has 0 radical (unpaired) electrons. The molecule has 0 aliphatic carbocycles. The molecule has 0 aromatic heterocycles. The first-order chi connectivity index (χ1) is 5.75. The Bertz CT molecular complexity index is 136. The minimum absolute atomic E-state index is 0.119. The van der Waals surface area contributed by atoms with E-state index in [4.69, 9.17) is 4.74 Å². The van der Waals surface area contributed by atoms with Crippen molar-refractivity contribution in [2.75, 3.05) is 19.7 Å². The van der Waals surface area contributed by atoms with Crippen LogP contribution in [0.15, 0.2) is 0 Å². The molecule has 1 unspecified atom stereocenters. The van der Waals surface area contributed by atoms with Gasteiger partial charge in [0.1, 0.15) is 6.10 Å². The Kier molecular flexibility index (Phi) is 5.72. The highest BCUT2D eigenvalue weighted by Gasteiger charge is 2.23. The maximum atomic E-state index is 11.2. The lowest BCUT2D eigenvalue weighted by molar-refractivity contribution is -0.150. The first kappa shape index (κ1) is 11.4. The van der Waals surface area contributed by atoms with Crippen molar-refractivity contribution in [2.45, 2.75) is 33.8 Å². The predicted octanol–water partition coefficient (Wildman–Crippen LogP) is 1.28. The van der Waals surface area contributed by atoms with Crippen molar-refractivity contribution in [3.8, 4) is 0 Å². The molecule has 72 valence electrons. The molecule has 1 fully saturated rings. The van der Waals surface area contributed by atoms with Gasteiger partial charge in [0.25, 0.3) is 5.91 Å². The van der Waals surface area contributed by atoms with Gasteiger partial charge in [0.2, 0.25) is 0 Å². The van der Waals surface area contributed by atoms with E-state index in [0.717, 1.165) is 13.1 Å². The maximum Gasteiger partial charge on any atom is 0.251 e. The van der Waals surface area contributed by atoms with Crippen molar-refractivity contribution in [3.63, 3.8) is 0 Å². The van der Waals surface area contributed by atoms with Crippen LogP contribution in [0.4, 0.5) is 0 Å². The Hall–Kier alpha value is -0.570. The number of nitrogens with zero attached hydrogens (tertiary/aromatic N) is 1. The lowest BCUT2D eigenvalue weighted by Crippen LogP contribution is -2.46. The Morgan fingerprint density at radius 3 is 2.58 bits per heavy atom. The molecule has 1 atom stereocenters. The number of morpholine rings is 1. The van der Waals surface area contributed by atoms with Gasteiger partial charge in [0, 0.05) is 13.1 Å². The van der Waals surface area contributed by atoms with Gasteiger partial charge in [-0.25, -0.2) is 0 Å². The summed E-state index contributed by atoms with van der Waals surface area (Å²) < 4.78 is 5.13. The molecule has 3 heteroatoms. The van der Waals surface area contributed by atoms with E-state index in [1.807, 2.05) is 25.7 Å². The molecule has 1 heterocycles. The third-order valence-electron chi connectivity index (χ3n) is 1.77. The summed E-state index contributed by atoms with van der Waals surface area (Å²) in [7, 11) is 0. The van der Waals surface area contributed by atoms with Crippen molar-refractivity contribution < 1.29 is 9.53 Å². The van der Waals surface area contributed by atoms with E-state index in [-0.39, 0.29) is 12.0 Å². The highest BCUT2D eigenvalue weighted by atomic mass is 16.5. The Labute approximate surface area is 74.7 Å². The van der Waals surface area contributed by atoms with Crippen molar-refractivity contribution in [3.05, 3.63) is 0 Å². The summed E-state index contributed by atoms with van der Waals surface area (Å²) in [6.07, 6.45) is -0.228. The molecular weight excluding hydrogens is 154 g/mol. The van der Waals surface area contributed by atoms with Gasteiger partial charge in [-0.3, -0.25) is 4.79 Å². The normalized spacial score (nSPS) is 23.2. The molecule has 0 saturated carbocycles. The molecule has 1 saturated heterocycles. The number of hydrogen-bond acceptors (Lipinski definition) is 2. The average Bonchev–Trinajstić information content (AvgIpc) is 2.13. The number of carbonyl (C=O) groups is 1. The minimum atomic E-state index is -0.228. The number of amides is 1. The van der Waals surface area contributed by atoms with Gasteiger partial charge in [-0.1, -0.05) is 13.8 Å². The van der Waals surface area contributed by atoms with Crippen LogP contribution in [0, 0.1) is 0 Å². The van der Waals surface area contributed by atoms with Crippen LogP contribution in [0.1, 0.15) is 27.7 Å². The fourth-order valence-corrected chi connectivity index (χ4v) is 1.09. The summed E-state index contributed by atoms with van der Waals surface area (Å²) in [5.41, 5.74) is 0. The first-order valence-corrected chi connectivity index (χ1v) is 4.66. The zero-order valence-corrected chi connectivity index (χ0v) is 8.46. The Morgan fingerprint density at radius 2 is 2.17 bits per heavy atom. The predicted molar refractivity (Wildman–Crippen MR) is 49.0 cm³/mol. The van der Waals surface area contributed by atoms with Gasteiger partial charge < -0.3 is 9.64 Å². The van der Waals surface area contributed by atoms with Crippen LogP contribution in [-0.2, 0) is 9.53 Å². The lowest BCUT2D eigenvalue weighted by Gasteiger charge is -2.29. The largest absolute Gasteiger partial charge is 0.367 e. The SMILES string of the molecule is CC.CCN1CCOC(C)C1=O. The smallest absolute Gasteiger partial charge is 0.251 e. The van der Waals surface area contributed by atoms with Crippen LogP contribution in [0.2, 0.25) is 0 Å². The van der Waals surface area contributed by atoms with Crippen molar-refractivity contribution in [1.29, 1.82) is 0 Å². The lowest BCUT2D eigenvalue weighted by atomic mass is 10.3. The second-order valence-corrected chi connectivity index (χ2v) is 2.43. The second kappa shape index (κ2) is 6.00. The highest BCUT2D eigenvalue weighted by molar-refractivity contribution is 5.81. The van der Waals surface area contributed by atoms with E-state index in [1.54, 1.807) is 6.92 Å². The van der Waals surface area contributed by atoms with Gasteiger partial charge in [-0.2, -0.15) is 0 Å². The maximum absolute atomic E-state index is 11.2. The Balaban J connectivity index is 0.000000561. The van der Waals surface area contributed by atoms with Gasteiger partial charge in [0.05, 0.1) is 6.61 Å². The molecule has 1 rings (SSSR count). The molecule has 1 aliphatic heterocycles. The molecule has 12 heavy (non-hydrogen) atoms. The summed E-state index contributed by atoms with van der Waals surface area (Å²) in [5.74, 6) is 0.119. The first-order valence-electron chi connectivity index (χ1n) is 4.66. The monoisotopic (exact) mass is 173 g/mol. The van der Waals surface area contributed by atoms with Crippen LogP contribution in [0.3, 0.4) is 0 Å². The van der Waals surface area contributed by atoms with Crippen LogP contribution in [-0.4, -0.2) is 36.6 Å². The van der Waals surface area contributed by atoms with E-state index >= 15 is 0 Å². The van der Waals surface area contributed by atoms with Crippen LogP contribution in [0.25, 0.3) is 0 Å². The van der Waals surface area contributed by atoms with Gasteiger partial charge in [0.15, 0.2) is 0 Å². The van der Waals surface area contributed by atoms with E-state index < -0.39 is 0 Å². The van der Waals surface area contributed by atoms with Gasteiger partial charge in [-0.05, 0) is 13.8 Å². The number of ether oxygens (including phenoxy) is 1. The second-order valence-electron chi connectivity index (χ2n) is 2.43. The zero-order chi connectivity index (χ0) is 9.56. The summed E-state index contributed by atoms with van der Waals surface area (Å²) in [6, 6.07) is 0. The average molecular weight is 173 g/mol. The molecule has 0 aromatic carbocycles. The quantitative estimate of drug-likeness (QED) is 0.598. The molecule has 0 bridgehead atoms. The molecular formula is C9H19NO2. The Morgan fingerprint density at radius 1 is 1.58 bits per heavy atom. The molecule has 0 N–H and O–H groups in total. The van der Waals surface area contributed by atoms with Gasteiger partial charge >= 0.3 is 0 Å². The molecule has 0 aromatic rings. The third kappa shape index (κ3) is 2.81. The molecule has 3 nitrogen and oxygen atoms in total. The fourth-order valence-electron chi connectivity index (χ4n) is 1.09. The van der Waals surface area contributed by atoms with Crippen molar-refractivity contribution in [1.82, 2.24) is 4.90 Å². The van der Waals surface area contributed by atoms with Gasteiger partial charge in [-0.15, -0.1) is 0 Å². The number of hydrogen-bond donors (Lipinski definition) is 0. The van der Waals surface area contributed by atoms with E-state index in [2.05, 4.69) is 0 Å². The minimum Gasteiger partial charge on any atom is -0.367 e. The van der Waals surface area contributed by atoms with Crippen LogP contribution >= 0.6 is 0 Å². The van der Waals surface area contributed by atoms with E-state index in [9.17, 15) is 4.79 Å². The highest BCUT2D eigenvalue weighted by Crippen LogP contribution is 2.04. The topological polar surface area (TPSA) is 29.5 Å². The summed E-state index contributed by atoms with van der Waals surface area (Å²) in [4.78, 5) is 13.0. The number of carbonyl (C=O) groups excluding carboxylic acids is 1. The summed E-state index contributed by atoms with van der Waals surface area (Å²) in [5, 5.41) is 0. The molecule has 1 aliphatic rings. The van der Waals surface area contributed by atoms with Crippen LogP contribution in [0.5, 0.6) is 0 Å². The third-order valence-corrected chi connectivity index (χ3v) is 1.77. The fraction of sp³-hybridized carbons (Fsp3) is 0.889. The summed E-state index contributed by atoms with van der Waals surface area (Å²) >= 11 is 0. The summed E-state index contributed by atoms with van der Waals surface area (Å²) in [6.45, 7) is 10.0. The zero-order valence-electron chi connectivity index (χ0n) is 8.46. The van der Waals surface area contributed by atoms with E-state index in [0.29, 0.717) is 6.61 Å². The number of likely N-dealkylation sites (N-methyl/N-ethyl adjacent to an activating group) is 1. The van der Waals surface area contributed by atoms with Crippen molar-refractivity contribution >= 4 is 5.91 Å².